The summed E-state index contributed by atoms with van der Waals surface area (Å²) >= 11 is 0. The minimum atomic E-state index is -0.661. The van der Waals surface area contributed by atoms with Gasteiger partial charge in [-0.05, 0) is 52.2 Å². The molecule has 0 saturated carbocycles. The zero-order chi connectivity index (χ0) is 17.9. The second kappa shape index (κ2) is 5.78. The van der Waals surface area contributed by atoms with E-state index in [9.17, 15) is 4.39 Å². The van der Waals surface area contributed by atoms with Crippen LogP contribution in [0.3, 0.4) is 0 Å². The predicted molar refractivity (Wildman–Crippen MR) is 95.3 cm³/mol. The summed E-state index contributed by atoms with van der Waals surface area (Å²) in [5, 5.41) is 0. The van der Waals surface area contributed by atoms with Gasteiger partial charge >= 0.3 is 7.12 Å². The fourth-order valence-corrected chi connectivity index (χ4v) is 3.99. The summed E-state index contributed by atoms with van der Waals surface area (Å²) in [6.45, 7) is 11.6. The first-order valence-corrected chi connectivity index (χ1v) is 9.20. The Morgan fingerprint density at radius 2 is 1.80 bits per heavy atom. The topological polar surface area (TPSA) is 30.9 Å². The first kappa shape index (κ1) is 17.5. The van der Waals surface area contributed by atoms with Gasteiger partial charge in [-0.25, -0.2) is 4.39 Å². The Labute approximate surface area is 149 Å². The molecular formula is C19H27BFNO3. The van der Waals surface area contributed by atoms with Crippen LogP contribution in [0.25, 0.3) is 0 Å². The zero-order valence-corrected chi connectivity index (χ0v) is 15.6. The van der Waals surface area contributed by atoms with Crippen molar-refractivity contribution in [2.24, 2.45) is 0 Å². The second-order valence-corrected chi connectivity index (χ2v) is 8.72. The molecular weight excluding hydrogens is 320 g/mol. The van der Waals surface area contributed by atoms with E-state index in [0.29, 0.717) is 5.46 Å². The second-order valence-electron chi connectivity index (χ2n) is 8.72. The summed E-state index contributed by atoms with van der Waals surface area (Å²) in [7, 11) is -0.661. The minimum absolute atomic E-state index is 0.0918. The summed E-state index contributed by atoms with van der Waals surface area (Å²) < 4.78 is 32.3. The molecule has 4 nitrogen and oxygen atoms in total. The molecule has 3 fully saturated rings. The first-order valence-electron chi connectivity index (χ1n) is 9.20. The van der Waals surface area contributed by atoms with E-state index in [4.69, 9.17) is 14.0 Å². The number of halogens is 1. The maximum absolute atomic E-state index is 14.4. The quantitative estimate of drug-likeness (QED) is 0.787. The van der Waals surface area contributed by atoms with Gasteiger partial charge in [-0.15, -0.1) is 0 Å². The molecule has 25 heavy (non-hydrogen) atoms. The lowest BCUT2D eigenvalue weighted by molar-refractivity contribution is -0.114. The van der Waals surface area contributed by atoms with E-state index in [1.807, 2.05) is 39.8 Å². The largest absolute Gasteiger partial charge is 0.497 e. The van der Waals surface area contributed by atoms with Gasteiger partial charge in [-0.2, -0.15) is 0 Å². The van der Waals surface area contributed by atoms with Crippen molar-refractivity contribution in [1.29, 1.82) is 0 Å². The lowest BCUT2D eigenvalue weighted by Gasteiger charge is -2.47. The highest BCUT2D eigenvalue weighted by atomic mass is 19.1. The Morgan fingerprint density at radius 1 is 1.12 bits per heavy atom. The van der Waals surface area contributed by atoms with E-state index < -0.39 is 18.3 Å². The van der Waals surface area contributed by atoms with Crippen LogP contribution in [0.2, 0.25) is 0 Å². The summed E-state index contributed by atoms with van der Waals surface area (Å²) in [6, 6.07) is 5.26. The van der Waals surface area contributed by atoms with Crippen LogP contribution in [0.1, 0.15) is 46.1 Å². The standard InChI is InChI=1S/C19H27BFNO3/c1-17(2)18(3,4)25-20(24-17)15-10-14(6-7-16(15)21)11-22-12-19(13-22)8-5-9-23-19/h6-7,10H,5,8-9,11-13H2,1-4H3. The van der Waals surface area contributed by atoms with Gasteiger partial charge in [-0.1, -0.05) is 12.1 Å². The summed E-state index contributed by atoms with van der Waals surface area (Å²) in [5.41, 5.74) is 0.727. The Hall–Kier alpha value is -0.945. The number of benzene rings is 1. The zero-order valence-electron chi connectivity index (χ0n) is 15.6. The van der Waals surface area contributed by atoms with Crippen molar-refractivity contribution in [1.82, 2.24) is 4.90 Å². The first-order chi connectivity index (χ1) is 11.7. The Bertz CT molecular complexity index is 649. The summed E-state index contributed by atoms with van der Waals surface area (Å²) in [6.07, 6.45) is 2.32. The number of rotatable bonds is 3. The van der Waals surface area contributed by atoms with Crippen molar-refractivity contribution in [3.05, 3.63) is 29.6 Å². The third-order valence-electron chi connectivity index (χ3n) is 6.18. The molecule has 6 heteroatoms. The molecule has 0 bridgehead atoms. The highest BCUT2D eigenvalue weighted by Crippen LogP contribution is 2.37. The molecule has 1 aromatic rings. The van der Waals surface area contributed by atoms with Crippen molar-refractivity contribution in [3.63, 3.8) is 0 Å². The molecule has 1 aromatic carbocycles. The van der Waals surface area contributed by atoms with Crippen LogP contribution in [0.5, 0.6) is 0 Å². The molecule has 0 aromatic heterocycles. The van der Waals surface area contributed by atoms with Crippen molar-refractivity contribution >= 4 is 12.6 Å². The maximum atomic E-state index is 14.4. The van der Waals surface area contributed by atoms with Crippen LogP contribution in [-0.2, 0) is 20.6 Å². The Balaban J connectivity index is 1.47. The monoisotopic (exact) mass is 347 g/mol. The molecule has 3 aliphatic heterocycles. The molecule has 4 rings (SSSR count). The Morgan fingerprint density at radius 3 is 2.40 bits per heavy atom. The smallest absolute Gasteiger partial charge is 0.399 e. The minimum Gasteiger partial charge on any atom is -0.399 e. The van der Waals surface area contributed by atoms with Crippen LogP contribution in [0, 0.1) is 5.82 Å². The fraction of sp³-hybridized carbons (Fsp3) is 0.684. The molecule has 3 saturated heterocycles. The molecule has 0 atom stereocenters. The van der Waals surface area contributed by atoms with Gasteiger partial charge in [0.05, 0.1) is 16.8 Å². The number of ether oxygens (including phenoxy) is 1. The Kier molecular flexibility index (Phi) is 4.04. The maximum Gasteiger partial charge on any atom is 0.497 e. The molecule has 0 radical (unpaired) electrons. The van der Waals surface area contributed by atoms with Crippen LogP contribution in [-0.4, -0.2) is 48.5 Å². The van der Waals surface area contributed by atoms with E-state index in [1.54, 1.807) is 0 Å². The summed E-state index contributed by atoms with van der Waals surface area (Å²) in [5.74, 6) is -0.276. The van der Waals surface area contributed by atoms with Crippen molar-refractivity contribution in [2.75, 3.05) is 19.7 Å². The van der Waals surface area contributed by atoms with Crippen molar-refractivity contribution < 1.29 is 18.4 Å². The van der Waals surface area contributed by atoms with Gasteiger partial charge in [0.1, 0.15) is 5.82 Å². The molecule has 1 spiro atoms. The highest BCUT2D eigenvalue weighted by Gasteiger charge is 2.52. The molecule has 3 aliphatic rings. The van der Waals surface area contributed by atoms with Crippen LogP contribution < -0.4 is 5.46 Å². The average Bonchev–Trinajstić information content (AvgIpc) is 3.04. The third kappa shape index (κ3) is 3.03. The predicted octanol–water partition coefficient (Wildman–Crippen LogP) is 2.49. The highest BCUT2D eigenvalue weighted by molar-refractivity contribution is 6.62. The van der Waals surface area contributed by atoms with Gasteiger partial charge in [0.2, 0.25) is 0 Å². The molecule has 0 unspecified atom stereocenters. The summed E-state index contributed by atoms with van der Waals surface area (Å²) in [4.78, 5) is 2.35. The number of hydrogen-bond donors (Lipinski definition) is 0. The van der Waals surface area contributed by atoms with E-state index in [-0.39, 0.29) is 11.4 Å². The SMILES string of the molecule is CC1(C)OB(c2cc(CN3CC4(CCCO4)C3)ccc2F)OC1(C)C. The number of hydrogen-bond acceptors (Lipinski definition) is 4. The number of likely N-dealkylation sites (tertiary alicyclic amines) is 1. The molecule has 0 aliphatic carbocycles. The van der Waals surface area contributed by atoms with Crippen LogP contribution in [0.4, 0.5) is 4.39 Å². The number of nitrogens with zero attached hydrogens (tertiary/aromatic N) is 1. The van der Waals surface area contributed by atoms with E-state index in [2.05, 4.69) is 4.90 Å². The van der Waals surface area contributed by atoms with Crippen LogP contribution >= 0.6 is 0 Å². The fourth-order valence-electron chi connectivity index (χ4n) is 3.99. The van der Waals surface area contributed by atoms with E-state index in [0.717, 1.165) is 44.6 Å². The van der Waals surface area contributed by atoms with E-state index >= 15 is 0 Å². The molecule has 0 N–H and O–H groups in total. The third-order valence-corrected chi connectivity index (χ3v) is 6.18. The van der Waals surface area contributed by atoms with Crippen LogP contribution in [0.15, 0.2) is 18.2 Å². The lowest BCUT2D eigenvalue weighted by atomic mass is 9.77. The normalized spacial score (nSPS) is 27.0. The van der Waals surface area contributed by atoms with Gasteiger partial charge in [0.25, 0.3) is 0 Å². The van der Waals surface area contributed by atoms with Crippen molar-refractivity contribution in [3.8, 4) is 0 Å². The van der Waals surface area contributed by atoms with Gasteiger partial charge in [0, 0.05) is 31.7 Å². The van der Waals surface area contributed by atoms with Gasteiger partial charge < -0.3 is 14.0 Å². The molecule has 0 amide bonds. The van der Waals surface area contributed by atoms with Crippen molar-refractivity contribution in [2.45, 2.75) is 63.9 Å². The lowest BCUT2D eigenvalue weighted by Crippen LogP contribution is -2.60. The van der Waals surface area contributed by atoms with E-state index in [1.165, 1.54) is 6.07 Å². The van der Waals surface area contributed by atoms with Gasteiger partial charge in [-0.3, -0.25) is 4.90 Å². The average molecular weight is 347 g/mol. The molecule has 3 heterocycles. The molecule has 136 valence electrons. The van der Waals surface area contributed by atoms with Gasteiger partial charge in [0.15, 0.2) is 0 Å².